The Morgan fingerprint density at radius 3 is 2.82 bits per heavy atom. The number of fused-ring (bicyclic) bond motifs is 1. The van der Waals surface area contributed by atoms with E-state index in [1.807, 2.05) is 25.1 Å². The number of hydrazine groups is 1. The van der Waals surface area contributed by atoms with Gasteiger partial charge >= 0.3 is 6.18 Å². The van der Waals surface area contributed by atoms with E-state index in [1.165, 1.54) is 0 Å². The van der Waals surface area contributed by atoms with Crippen LogP contribution in [0, 0.1) is 0 Å². The number of amides is 1. The summed E-state index contributed by atoms with van der Waals surface area (Å²) in [5, 5.41) is 0. The third-order valence-electron chi connectivity index (χ3n) is 5.02. The number of nitrogens with zero attached hydrogens (tertiary/aromatic N) is 1. The molecule has 0 radical (unpaired) electrons. The Hall–Kier alpha value is -1.84. The molecule has 3 rings (SSSR count). The standard InChI is InChI=1S/C19H26F3N3O3/c1-12-8-14-9-13(4-5-16(14)28-12)11-25(6-3-7-27-2)18(26)15-10-17(24-23-15)19(20,21)22/h4-5,9,12,15,17,23-24H,3,6-8,10-11H2,1-2H3. The third-order valence-corrected chi connectivity index (χ3v) is 5.02. The van der Waals surface area contributed by atoms with Crippen LogP contribution in [0.3, 0.4) is 0 Å². The lowest BCUT2D eigenvalue weighted by atomic mass is 10.1. The van der Waals surface area contributed by atoms with Crippen molar-refractivity contribution in [2.45, 2.75) is 57.1 Å². The minimum absolute atomic E-state index is 0.123. The van der Waals surface area contributed by atoms with Gasteiger partial charge < -0.3 is 14.4 Å². The number of methoxy groups -OCH3 is 1. The predicted octanol–water partition coefficient (Wildman–Crippen LogP) is 2.17. The van der Waals surface area contributed by atoms with Crippen molar-refractivity contribution in [3.63, 3.8) is 0 Å². The zero-order valence-electron chi connectivity index (χ0n) is 16.0. The number of carbonyl (C=O) groups is 1. The molecule has 1 amide bonds. The molecule has 2 aliphatic heterocycles. The fraction of sp³-hybridized carbons (Fsp3) is 0.632. The summed E-state index contributed by atoms with van der Waals surface area (Å²) in [6.07, 6.45) is -3.17. The van der Waals surface area contributed by atoms with E-state index in [2.05, 4.69) is 10.9 Å². The number of hydrogen-bond acceptors (Lipinski definition) is 5. The Morgan fingerprint density at radius 1 is 1.36 bits per heavy atom. The van der Waals surface area contributed by atoms with Gasteiger partial charge in [0, 0.05) is 33.2 Å². The topological polar surface area (TPSA) is 62.8 Å². The first-order valence-corrected chi connectivity index (χ1v) is 9.42. The number of halogens is 3. The van der Waals surface area contributed by atoms with Crippen LogP contribution in [0.15, 0.2) is 18.2 Å². The lowest BCUT2D eigenvalue weighted by Crippen LogP contribution is -2.46. The highest BCUT2D eigenvalue weighted by Crippen LogP contribution is 2.30. The molecular formula is C19H26F3N3O3. The minimum Gasteiger partial charge on any atom is -0.490 e. The van der Waals surface area contributed by atoms with Gasteiger partial charge in [0.05, 0.1) is 0 Å². The summed E-state index contributed by atoms with van der Waals surface area (Å²) in [5.74, 6) is 0.503. The van der Waals surface area contributed by atoms with Crippen molar-refractivity contribution in [3.8, 4) is 5.75 Å². The molecule has 2 N–H and O–H groups in total. The number of alkyl halides is 3. The van der Waals surface area contributed by atoms with Crippen LogP contribution < -0.4 is 15.6 Å². The van der Waals surface area contributed by atoms with Gasteiger partial charge in [0.2, 0.25) is 5.91 Å². The quantitative estimate of drug-likeness (QED) is 0.686. The molecule has 3 atom stereocenters. The van der Waals surface area contributed by atoms with E-state index in [0.717, 1.165) is 23.3 Å². The molecule has 0 saturated carbocycles. The van der Waals surface area contributed by atoms with E-state index in [-0.39, 0.29) is 18.4 Å². The monoisotopic (exact) mass is 401 g/mol. The molecule has 156 valence electrons. The third kappa shape index (κ3) is 4.95. The highest BCUT2D eigenvalue weighted by molar-refractivity contribution is 5.82. The smallest absolute Gasteiger partial charge is 0.405 e. The Balaban J connectivity index is 1.69. The molecule has 0 bridgehead atoms. The highest BCUT2D eigenvalue weighted by Gasteiger charge is 2.46. The van der Waals surface area contributed by atoms with Gasteiger partial charge in [-0.15, -0.1) is 0 Å². The Labute approximate surface area is 162 Å². The summed E-state index contributed by atoms with van der Waals surface area (Å²) >= 11 is 0. The first-order valence-electron chi connectivity index (χ1n) is 9.42. The van der Waals surface area contributed by atoms with Crippen LogP contribution in [-0.4, -0.2) is 55.4 Å². The summed E-state index contributed by atoms with van der Waals surface area (Å²) < 4.78 is 49.4. The Morgan fingerprint density at radius 2 is 2.14 bits per heavy atom. The second-order valence-corrected chi connectivity index (χ2v) is 7.35. The van der Waals surface area contributed by atoms with Crippen molar-refractivity contribution >= 4 is 5.91 Å². The SMILES string of the molecule is COCCCN(Cc1ccc2c(c1)CC(C)O2)C(=O)C1CC(C(F)(F)F)NN1. The van der Waals surface area contributed by atoms with Gasteiger partial charge in [-0.3, -0.25) is 4.79 Å². The second-order valence-electron chi connectivity index (χ2n) is 7.35. The van der Waals surface area contributed by atoms with E-state index in [9.17, 15) is 18.0 Å². The van der Waals surface area contributed by atoms with Crippen LogP contribution in [-0.2, 0) is 22.5 Å². The van der Waals surface area contributed by atoms with Crippen molar-refractivity contribution in [1.82, 2.24) is 15.8 Å². The predicted molar refractivity (Wildman–Crippen MR) is 96.7 cm³/mol. The van der Waals surface area contributed by atoms with Gasteiger partial charge in [-0.05, 0) is 37.0 Å². The summed E-state index contributed by atoms with van der Waals surface area (Å²) in [7, 11) is 1.57. The van der Waals surface area contributed by atoms with Crippen molar-refractivity contribution in [1.29, 1.82) is 0 Å². The molecule has 2 aliphatic rings. The molecule has 1 fully saturated rings. The fourth-order valence-electron chi connectivity index (χ4n) is 3.61. The molecule has 0 spiro atoms. The van der Waals surface area contributed by atoms with E-state index in [4.69, 9.17) is 9.47 Å². The van der Waals surface area contributed by atoms with Crippen LogP contribution in [0.2, 0.25) is 0 Å². The number of ether oxygens (including phenoxy) is 2. The molecule has 1 aromatic carbocycles. The highest BCUT2D eigenvalue weighted by atomic mass is 19.4. The van der Waals surface area contributed by atoms with Crippen LogP contribution in [0.5, 0.6) is 5.75 Å². The zero-order chi connectivity index (χ0) is 20.3. The van der Waals surface area contributed by atoms with Gasteiger partial charge in [-0.25, -0.2) is 10.9 Å². The van der Waals surface area contributed by atoms with Crippen molar-refractivity contribution < 1.29 is 27.4 Å². The largest absolute Gasteiger partial charge is 0.490 e. The zero-order valence-corrected chi connectivity index (χ0v) is 16.0. The van der Waals surface area contributed by atoms with Crippen molar-refractivity contribution in [3.05, 3.63) is 29.3 Å². The van der Waals surface area contributed by atoms with E-state index in [0.29, 0.717) is 26.1 Å². The fourth-order valence-corrected chi connectivity index (χ4v) is 3.61. The van der Waals surface area contributed by atoms with E-state index >= 15 is 0 Å². The van der Waals surface area contributed by atoms with Crippen LogP contribution >= 0.6 is 0 Å². The first kappa shape index (κ1) is 20.9. The number of hydrogen-bond donors (Lipinski definition) is 2. The summed E-state index contributed by atoms with van der Waals surface area (Å²) in [6, 6.07) is 3.16. The average Bonchev–Trinajstić information content (AvgIpc) is 3.25. The Kier molecular flexibility index (Phi) is 6.47. The van der Waals surface area contributed by atoms with Gasteiger partial charge in [0.25, 0.3) is 0 Å². The maximum atomic E-state index is 12.9. The molecule has 1 aromatic rings. The molecule has 1 saturated heterocycles. The van der Waals surface area contributed by atoms with Crippen molar-refractivity contribution in [2.75, 3.05) is 20.3 Å². The molecule has 6 nitrogen and oxygen atoms in total. The number of nitrogens with one attached hydrogen (secondary N) is 2. The van der Waals surface area contributed by atoms with Gasteiger partial charge in [0.1, 0.15) is 23.9 Å². The van der Waals surface area contributed by atoms with E-state index in [1.54, 1.807) is 12.0 Å². The molecule has 3 unspecified atom stereocenters. The number of carbonyl (C=O) groups excluding carboxylic acids is 1. The minimum atomic E-state index is -4.39. The Bertz CT molecular complexity index is 699. The molecular weight excluding hydrogens is 375 g/mol. The van der Waals surface area contributed by atoms with Gasteiger partial charge in [-0.1, -0.05) is 12.1 Å². The normalized spacial score (nSPS) is 24.1. The number of rotatable bonds is 7. The number of benzene rings is 1. The summed E-state index contributed by atoms with van der Waals surface area (Å²) in [6.45, 7) is 3.21. The maximum Gasteiger partial charge on any atom is 0.405 e. The van der Waals surface area contributed by atoms with Gasteiger partial charge in [0.15, 0.2) is 0 Å². The molecule has 0 aromatic heterocycles. The lowest BCUT2D eigenvalue weighted by molar-refractivity contribution is -0.153. The maximum absolute atomic E-state index is 12.9. The molecule has 2 heterocycles. The lowest BCUT2D eigenvalue weighted by Gasteiger charge is -2.26. The van der Waals surface area contributed by atoms with Crippen LogP contribution in [0.25, 0.3) is 0 Å². The first-order chi connectivity index (χ1) is 13.3. The van der Waals surface area contributed by atoms with Crippen molar-refractivity contribution in [2.24, 2.45) is 0 Å². The van der Waals surface area contributed by atoms with Gasteiger partial charge in [-0.2, -0.15) is 13.2 Å². The van der Waals surface area contributed by atoms with Crippen LogP contribution in [0.1, 0.15) is 30.9 Å². The molecule has 9 heteroatoms. The molecule has 28 heavy (non-hydrogen) atoms. The summed E-state index contributed by atoms with van der Waals surface area (Å²) in [5.41, 5.74) is 6.71. The van der Waals surface area contributed by atoms with E-state index < -0.39 is 18.3 Å². The average molecular weight is 401 g/mol. The molecule has 0 aliphatic carbocycles. The summed E-state index contributed by atoms with van der Waals surface area (Å²) in [4.78, 5) is 14.5. The van der Waals surface area contributed by atoms with Crippen LogP contribution in [0.4, 0.5) is 13.2 Å². The second kappa shape index (κ2) is 8.67.